The van der Waals surface area contributed by atoms with Crippen molar-refractivity contribution in [1.29, 1.82) is 0 Å². The predicted octanol–water partition coefficient (Wildman–Crippen LogP) is -20.5. The van der Waals surface area contributed by atoms with Crippen LogP contribution < -0.4 is 21.3 Å². The minimum Gasteiger partial charge on any atom is -0.394 e. The van der Waals surface area contributed by atoms with Gasteiger partial charge in [-0.3, -0.25) is 19.2 Å². The van der Waals surface area contributed by atoms with E-state index < -0.39 is 390 Å². The Labute approximate surface area is 686 Å². The zero-order valence-corrected chi connectivity index (χ0v) is 65.4. The van der Waals surface area contributed by atoms with E-state index in [1.165, 1.54) is 6.92 Å². The summed E-state index contributed by atoms with van der Waals surface area (Å²) < 4.78 is 113. The van der Waals surface area contributed by atoms with Gasteiger partial charge in [-0.1, -0.05) is 0 Å². The molecule has 10 fully saturated rings. The molecule has 0 radical (unpaired) electrons. The van der Waals surface area contributed by atoms with Crippen LogP contribution in [0.5, 0.6) is 0 Å². The number of rotatable bonds is 31. The molecule has 53 heteroatoms. The van der Waals surface area contributed by atoms with E-state index in [1.54, 1.807) is 0 Å². The summed E-state index contributed by atoms with van der Waals surface area (Å²) >= 11 is 0. The number of carbonyl (C=O) groups excluding carboxylic acids is 4. The maximum Gasteiger partial charge on any atom is 0.217 e. The first-order valence-electron chi connectivity index (χ1n) is 38.9. The fourth-order valence-corrected chi connectivity index (χ4v) is 15.7. The van der Waals surface area contributed by atoms with Gasteiger partial charge >= 0.3 is 0 Å². The minimum atomic E-state index is -2.60. The number of hydrogen-bond acceptors (Lipinski definition) is 49. The second-order valence-electron chi connectivity index (χ2n) is 30.9. The zero-order valence-electron chi connectivity index (χ0n) is 65.4. The molecule has 0 saturated carbocycles. The average Bonchev–Trinajstić information content (AvgIpc) is 0.769. The molecule has 4 amide bonds. The van der Waals surface area contributed by atoms with Crippen LogP contribution in [0.4, 0.5) is 0 Å². The Kier molecular flexibility index (Phi) is 35.6. The molecular weight excluding hydrogens is 1660 g/mol. The molecule has 0 aromatic heterocycles. The molecule has 700 valence electrons. The van der Waals surface area contributed by atoms with E-state index >= 15 is 0 Å². The fourth-order valence-electron chi connectivity index (χ4n) is 15.7. The smallest absolute Gasteiger partial charge is 0.217 e. The van der Waals surface area contributed by atoms with E-state index in [0.29, 0.717) is 0 Å². The molecule has 49 atom stereocenters. The highest BCUT2D eigenvalue weighted by Crippen LogP contribution is 2.40. The standard InChI is InChI=1S/C68H114N4O49/c1-16-34(84)44(94)49(99)63(106-16)104-15-30-56(35(85)21(13-103-30)69-17(2)80)115-60-31(70-18(3)81)41(91)55(28(12-79)111-60)118-66-52(102)57(119-68-59(48(98)39(89)25(9-76)110-68)121-62-33(72-20(5)83)43(93)54(27(11-78)113-62)117-65-51(101)46(96)37(87)23(7-74)108-65)40(90)29(114-66)14-105-67-58(47(97)38(88)24(8-75)109-67)120-61-32(71-19(4)82)42(92)53(26(10-77)112-61)116-64-50(100)45(95)36(86)22(6-73)107-64/h16,21-68,73-79,84-102H,6-15H2,1-5H3,(H,69,80)(H,70,81)(H,71,82)(H,72,83)/t16-,21-,22+,23+,24+,25+,26+,27+,28+,29+,30+,31+,32+,33+,34+,35+,36-,37-,38+,39+,40+,41+,42+,43+,44+,45-,46-,47-,48-,49-,50+,51+,52-,53+,54+,55+,56+,57-,58-,59-,60-,61-,62-,63-,64-,65-,66-,67-,68+/m0/s1. The Morgan fingerprint density at radius 2 is 0.545 bits per heavy atom. The Balaban J connectivity index is 0.979. The molecule has 0 spiro atoms. The third-order valence-corrected chi connectivity index (χ3v) is 22.3. The van der Waals surface area contributed by atoms with Gasteiger partial charge in [-0.15, -0.1) is 0 Å². The van der Waals surface area contributed by atoms with Crippen LogP contribution in [0.2, 0.25) is 0 Å². The van der Waals surface area contributed by atoms with Crippen LogP contribution in [0, 0.1) is 0 Å². The fraction of sp³-hybridized carbons (Fsp3) is 0.941. The van der Waals surface area contributed by atoms with Crippen molar-refractivity contribution in [2.45, 2.75) is 335 Å². The lowest BCUT2D eigenvalue weighted by Crippen LogP contribution is -2.70. The highest BCUT2D eigenvalue weighted by molar-refractivity contribution is 5.74. The lowest BCUT2D eigenvalue weighted by Gasteiger charge is -2.51. The Morgan fingerprint density at radius 3 is 0.942 bits per heavy atom. The van der Waals surface area contributed by atoms with Crippen molar-refractivity contribution >= 4 is 23.6 Å². The van der Waals surface area contributed by atoms with Crippen molar-refractivity contribution in [3.63, 3.8) is 0 Å². The number of aliphatic hydroxyl groups excluding tert-OH is 26. The number of ether oxygens (including phenoxy) is 19. The van der Waals surface area contributed by atoms with E-state index in [1.807, 2.05) is 0 Å². The first-order valence-corrected chi connectivity index (χ1v) is 38.9. The van der Waals surface area contributed by atoms with Crippen molar-refractivity contribution < 1.29 is 242 Å². The summed E-state index contributed by atoms with van der Waals surface area (Å²) in [6, 6.07) is -7.12. The lowest BCUT2D eigenvalue weighted by atomic mass is 9.94. The molecule has 10 heterocycles. The average molecular weight is 1770 g/mol. The molecule has 10 aliphatic rings. The van der Waals surface area contributed by atoms with Crippen molar-refractivity contribution in [2.24, 2.45) is 0 Å². The summed E-state index contributed by atoms with van der Waals surface area (Å²) in [5.41, 5.74) is 0. The van der Waals surface area contributed by atoms with E-state index in [2.05, 4.69) is 21.3 Å². The van der Waals surface area contributed by atoms with Crippen LogP contribution >= 0.6 is 0 Å². The first-order chi connectivity index (χ1) is 57.3. The van der Waals surface area contributed by atoms with E-state index in [4.69, 9.17) is 90.0 Å². The molecule has 0 bridgehead atoms. The van der Waals surface area contributed by atoms with Gasteiger partial charge < -0.3 is 244 Å². The maximum absolute atomic E-state index is 13.3. The molecular formula is C68H114N4O49. The van der Waals surface area contributed by atoms with Gasteiger partial charge in [-0.25, -0.2) is 0 Å². The third-order valence-electron chi connectivity index (χ3n) is 22.3. The number of nitrogens with one attached hydrogen (secondary N) is 4. The van der Waals surface area contributed by atoms with Gasteiger partial charge in [0.2, 0.25) is 23.6 Å². The second-order valence-corrected chi connectivity index (χ2v) is 30.9. The third kappa shape index (κ3) is 22.2. The van der Waals surface area contributed by atoms with E-state index in [9.17, 15) is 152 Å². The predicted molar refractivity (Wildman–Crippen MR) is 374 cm³/mol. The van der Waals surface area contributed by atoms with Gasteiger partial charge in [0.05, 0.1) is 78.2 Å². The van der Waals surface area contributed by atoms with Crippen molar-refractivity contribution in [3.05, 3.63) is 0 Å². The zero-order chi connectivity index (χ0) is 88.9. The molecule has 0 aromatic rings. The largest absolute Gasteiger partial charge is 0.394 e. The number of carbonyl (C=O) groups is 4. The van der Waals surface area contributed by atoms with Crippen LogP contribution in [0.3, 0.4) is 0 Å². The molecule has 53 nitrogen and oxygen atoms in total. The van der Waals surface area contributed by atoms with Crippen LogP contribution in [0.1, 0.15) is 34.6 Å². The maximum atomic E-state index is 13.3. The van der Waals surface area contributed by atoms with Crippen molar-refractivity contribution in [1.82, 2.24) is 21.3 Å². The van der Waals surface area contributed by atoms with Crippen LogP contribution in [0.15, 0.2) is 0 Å². The van der Waals surface area contributed by atoms with Gasteiger partial charge in [-0.2, -0.15) is 0 Å². The normalized spacial score (nSPS) is 49.4. The van der Waals surface area contributed by atoms with Crippen LogP contribution in [-0.2, 0) is 109 Å². The SMILES string of the molecule is CC(=O)N[C@H]1[C@H](O[C@H]2[C@H](O)[C@@H](NC(C)=O)CO[C@@H]2CO[C@H]2O[C@@H](C)[C@@H](O)[C@@H](O)[C@@H]2O)O[C@H](CO)[C@@H](O[C@@H]2O[C@H](CO[C@H]3O[C@H](CO)[C@@H](O)[C@H](O)[C@@H]3O[C@@H]3O[C@H](CO)[C@@H](O[C@@H]4O[C@H](CO)[C@H](O)[C@H](O)[C@H]4O)[C@H](O)[C@H]3NC(C)=O)[C@@H](O)[C@H](O[C@H]3O[C@H](CO)[C@@H](O)[C@H](O)[C@@H]3O[C@@H]3O[C@H](CO)[C@@H](O[C@@H]4O[C@H](CO)[C@H](O)[C@H](O)[C@H]4O)[C@H](O)[C@H]3NC(C)=O)[C@@H]2O)[C@@H]1O. The minimum absolute atomic E-state index is 0.445. The second kappa shape index (κ2) is 43.5. The summed E-state index contributed by atoms with van der Waals surface area (Å²) in [5.74, 6) is -3.54. The molecule has 0 unspecified atom stereocenters. The summed E-state index contributed by atoms with van der Waals surface area (Å²) in [6.45, 7) is -4.81. The summed E-state index contributed by atoms with van der Waals surface area (Å²) in [7, 11) is 0. The van der Waals surface area contributed by atoms with Gasteiger partial charge in [0, 0.05) is 27.7 Å². The molecule has 30 N–H and O–H groups in total. The summed E-state index contributed by atoms with van der Waals surface area (Å²) in [5, 5.41) is 299. The molecule has 0 aliphatic carbocycles. The van der Waals surface area contributed by atoms with Gasteiger partial charge in [0.1, 0.15) is 232 Å². The Morgan fingerprint density at radius 1 is 0.256 bits per heavy atom. The summed E-state index contributed by atoms with van der Waals surface area (Å²) in [6.07, 6.45) is -91.4. The van der Waals surface area contributed by atoms with Crippen LogP contribution in [0.25, 0.3) is 0 Å². The molecule has 10 saturated heterocycles. The van der Waals surface area contributed by atoms with Gasteiger partial charge in [-0.05, 0) is 6.92 Å². The molecule has 0 aromatic carbocycles. The number of hydrogen-bond donors (Lipinski definition) is 30. The monoisotopic (exact) mass is 1770 g/mol. The molecule has 10 aliphatic heterocycles. The van der Waals surface area contributed by atoms with Crippen molar-refractivity contribution in [2.75, 3.05) is 66.1 Å². The summed E-state index contributed by atoms with van der Waals surface area (Å²) in [4.78, 5) is 51.6. The van der Waals surface area contributed by atoms with Gasteiger partial charge in [0.15, 0.2) is 56.6 Å². The first kappa shape index (κ1) is 99.2. The van der Waals surface area contributed by atoms with Crippen LogP contribution in [-0.4, -0.2) is 523 Å². The highest BCUT2D eigenvalue weighted by Gasteiger charge is 2.61. The topological polar surface area (TPSA) is 818 Å². The lowest BCUT2D eigenvalue weighted by molar-refractivity contribution is -0.398. The molecule has 10 rings (SSSR count). The quantitative estimate of drug-likeness (QED) is 0.0306. The van der Waals surface area contributed by atoms with Crippen molar-refractivity contribution in [3.8, 4) is 0 Å². The number of aliphatic hydroxyl groups is 26. The van der Waals surface area contributed by atoms with Gasteiger partial charge in [0.25, 0.3) is 0 Å². The van der Waals surface area contributed by atoms with E-state index in [0.717, 1.165) is 27.7 Å². The Bertz CT molecular complexity index is 3250. The Hall–Kier alpha value is -3.92. The number of amides is 4. The molecule has 121 heavy (non-hydrogen) atoms. The van der Waals surface area contributed by atoms with E-state index in [-0.39, 0.29) is 0 Å². The highest BCUT2D eigenvalue weighted by atomic mass is 16.8.